The maximum atomic E-state index is 13.5. The van der Waals surface area contributed by atoms with E-state index in [0.717, 1.165) is 48.2 Å². The zero-order valence-corrected chi connectivity index (χ0v) is 21.6. The van der Waals surface area contributed by atoms with Crippen molar-refractivity contribution in [2.75, 3.05) is 4.90 Å². The molecule has 192 valence electrons. The molecule has 0 aliphatic heterocycles. The summed E-state index contributed by atoms with van der Waals surface area (Å²) in [7, 11) is 0. The number of nitrogens with zero attached hydrogens (tertiary/aromatic N) is 6. The van der Waals surface area contributed by atoms with E-state index in [4.69, 9.17) is 0 Å². The van der Waals surface area contributed by atoms with Crippen molar-refractivity contribution in [3.05, 3.63) is 60.0 Å². The Bertz CT molecular complexity index is 1440. The van der Waals surface area contributed by atoms with Crippen molar-refractivity contribution in [3.63, 3.8) is 0 Å². The van der Waals surface area contributed by atoms with Gasteiger partial charge in [0.15, 0.2) is 11.5 Å². The van der Waals surface area contributed by atoms with E-state index in [0.29, 0.717) is 11.6 Å². The lowest BCUT2D eigenvalue weighted by Gasteiger charge is -2.32. The average molecular weight is 501 g/mol. The molecule has 5 rings (SSSR count). The molecule has 1 fully saturated rings. The SMILES string of the molecule is Cc1cnc2cc(-c3ccc(-n4cc(C(=O)O)c(N(C(=O)[C@H]5CC[C@H](C)CC5)C(C)C)n4)cc3)nn2c1. The smallest absolute Gasteiger partial charge is 0.341 e. The highest BCUT2D eigenvalue weighted by atomic mass is 16.4. The van der Waals surface area contributed by atoms with Crippen LogP contribution >= 0.6 is 0 Å². The molecule has 0 spiro atoms. The second kappa shape index (κ2) is 9.80. The summed E-state index contributed by atoms with van der Waals surface area (Å²) in [5.41, 5.74) is 4.18. The number of hydrogen-bond donors (Lipinski definition) is 1. The van der Waals surface area contributed by atoms with Gasteiger partial charge in [0.2, 0.25) is 5.91 Å². The van der Waals surface area contributed by atoms with Crippen LogP contribution in [0.5, 0.6) is 0 Å². The molecule has 9 nitrogen and oxygen atoms in total. The van der Waals surface area contributed by atoms with Gasteiger partial charge in [0.1, 0.15) is 5.56 Å². The van der Waals surface area contributed by atoms with Crippen molar-refractivity contribution >= 4 is 23.3 Å². The number of carbonyl (C=O) groups is 2. The molecule has 1 saturated carbocycles. The van der Waals surface area contributed by atoms with Crippen LogP contribution in [0.3, 0.4) is 0 Å². The molecule has 0 atom stereocenters. The summed E-state index contributed by atoms with van der Waals surface area (Å²) in [5, 5.41) is 19.2. The third-order valence-electron chi connectivity index (χ3n) is 7.14. The summed E-state index contributed by atoms with van der Waals surface area (Å²) in [5.74, 6) is -0.443. The molecular formula is C28H32N6O3. The van der Waals surface area contributed by atoms with E-state index in [2.05, 4.69) is 22.1 Å². The number of carboxylic acid groups (broad SMARTS) is 1. The largest absolute Gasteiger partial charge is 0.477 e. The van der Waals surface area contributed by atoms with Gasteiger partial charge in [-0.3, -0.25) is 9.69 Å². The van der Waals surface area contributed by atoms with Crippen LogP contribution in [-0.4, -0.2) is 47.4 Å². The molecule has 4 aromatic rings. The second-order valence-corrected chi connectivity index (χ2v) is 10.4. The molecule has 1 aromatic carbocycles. The number of benzene rings is 1. The summed E-state index contributed by atoms with van der Waals surface area (Å²) in [6, 6.07) is 9.26. The highest BCUT2D eigenvalue weighted by Crippen LogP contribution is 2.33. The van der Waals surface area contributed by atoms with E-state index >= 15 is 0 Å². The van der Waals surface area contributed by atoms with Crippen molar-refractivity contribution in [1.29, 1.82) is 0 Å². The average Bonchev–Trinajstić information content (AvgIpc) is 3.49. The highest BCUT2D eigenvalue weighted by Gasteiger charge is 2.34. The van der Waals surface area contributed by atoms with Crippen LogP contribution in [-0.2, 0) is 4.79 Å². The van der Waals surface area contributed by atoms with Crippen molar-refractivity contribution in [1.82, 2.24) is 24.4 Å². The molecule has 0 saturated heterocycles. The van der Waals surface area contributed by atoms with Crippen LogP contribution < -0.4 is 4.90 Å². The normalized spacial score (nSPS) is 17.9. The van der Waals surface area contributed by atoms with Crippen molar-refractivity contribution < 1.29 is 14.7 Å². The van der Waals surface area contributed by atoms with Crippen LogP contribution in [0.2, 0.25) is 0 Å². The minimum absolute atomic E-state index is 0.0112. The fraction of sp³-hybridized carbons (Fsp3) is 0.393. The minimum atomic E-state index is -1.11. The zero-order valence-electron chi connectivity index (χ0n) is 21.6. The van der Waals surface area contributed by atoms with Crippen LogP contribution in [0.4, 0.5) is 5.82 Å². The predicted octanol–water partition coefficient (Wildman–Crippen LogP) is 5.16. The number of aromatic nitrogens is 5. The lowest BCUT2D eigenvalue weighted by molar-refractivity contribution is -0.124. The number of anilines is 1. The molecule has 1 N–H and O–H groups in total. The van der Waals surface area contributed by atoms with E-state index in [9.17, 15) is 14.7 Å². The van der Waals surface area contributed by atoms with Gasteiger partial charge in [-0.05, 0) is 70.1 Å². The van der Waals surface area contributed by atoms with Crippen molar-refractivity contribution in [2.45, 2.75) is 59.4 Å². The minimum Gasteiger partial charge on any atom is -0.477 e. The first-order valence-electron chi connectivity index (χ1n) is 12.8. The van der Waals surface area contributed by atoms with E-state index in [1.807, 2.05) is 57.3 Å². The number of amides is 1. The van der Waals surface area contributed by atoms with Crippen LogP contribution in [0.15, 0.2) is 48.9 Å². The molecule has 3 aromatic heterocycles. The Morgan fingerprint density at radius 1 is 1.05 bits per heavy atom. The Balaban J connectivity index is 1.46. The van der Waals surface area contributed by atoms with Gasteiger partial charge in [0.05, 0.1) is 11.4 Å². The maximum Gasteiger partial charge on any atom is 0.341 e. The first-order valence-corrected chi connectivity index (χ1v) is 12.8. The number of carbonyl (C=O) groups excluding carboxylic acids is 1. The third kappa shape index (κ3) is 4.85. The Kier molecular flexibility index (Phi) is 6.54. The number of fused-ring (bicyclic) bond motifs is 1. The third-order valence-corrected chi connectivity index (χ3v) is 7.14. The summed E-state index contributed by atoms with van der Waals surface area (Å²) in [4.78, 5) is 31.7. The molecular weight excluding hydrogens is 468 g/mol. The molecule has 3 heterocycles. The molecule has 0 bridgehead atoms. The lowest BCUT2D eigenvalue weighted by atomic mass is 9.82. The van der Waals surface area contributed by atoms with Gasteiger partial charge in [0.25, 0.3) is 0 Å². The number of hydrogen-bond acceptors (Lipinski definition) is 5. The molecule has 1 aliphatic carbocycles. The number of aromatic carboxylic acids is 1. The van der Waals surface area contributed by atoms with Crippen LogP contribution in [0.1, 0.15) is 62.4 Å². The molecule has 37 heavy (non-hydrogen) atoms. The van der Waals surface area contributed by atoms with Gasteiger partial charge in [0, 0.05) is 42.2 Å². The predicted molar refractivity (Wildman–Crippen MR) is 141 cm³/mol. The van der Waals surface area contributed by atoms with E-state index in [1.54, 1.807) is 15.6 Å². The first kappa shape index (κ1) is 24.7. The quantitative estimate of drug-likeness (QED) is 0.392. The molecule has 1 aliphatic rings. The Labute approximate surface area is 215 Å². The van der Waals surface area contributed by atoms with Gasteiger partial charge in [-0.2, -0.15) is 5.10 Å². The van der Waals surface area contributed by atoms with E-state index < -0.39 is 5.97 Å². The zero-order chi connectivity index (χ0) is 26.3. The Morgan fingerprint density at radius 3 is 2.41 bits per heavy atom. The lowest BCUT2D eigenvalue weighted by Crippen LogP contribution is -2.43. The summed E-state index contributed by atoms with van der Waals surface area (Å²) < 4.78 is 3.28. The summed E-state index contributed by atoms with van der Waals surface area (Å²) in [6.45, 7) is 7.97. The molecule has 9 heteroatoms. The van der Waals surface area contributed by atoms with Crippen molar-refractivity contribution in [2.24, 2.45) is 11.8 Å². The fourth-order valence-corrected chi connectivity index (χ4v) is 5.03. The Hall–Kier alpha value is -4.01. The van der Waals surface area contributed by atoms with Gasteiger partial charge in [-0.1, -0.05) is 19.1 Å². The molecule has 0 radical (unpaired) electrons. The van der Waals surface area contributed by atoms with Crippen LogP contribution in [0.25, 0.3) is 22.6 Å². The van der Waals surface area contributed by atoms with E-state index in [1.165, 1.54) is 10.9 Å². The summed E-state index contributed by atoms with van der Waals surface area (Å²) in [6.07, 6.45) is 8.88. The second-order valence-electron chi connectivity index (χ2n) is 10.4. The van der Waals surface area contributed by atoms with Gasteiger partial charge < -0.3 is 5.11 Å². The van der Waals surface area contributed by atoms with Gasteiger partial charge >= 0.3 is 5.97 Å². The number of rotatable bonds is 6. The van der Waals surface area contributed by atoms with E-state index in [-0.39, 0.29) is 29.2 Å². The summed E-state index contributed by atoms with van der Waals surface area (Å²) >= 11 is 0. The topological polar surface area (TPSA) is 106 Å². The standard InChI is InChI=1S/C28H32N6O3/c1-17(2)34(27(35)21-7-5-18(3)6-8-21)26-23(28(36)37)16-32(31-26)22-11-9-20(10-12-22)24-13-25-29-14-19(4)15-33(25)30-24/h9-18,21H,5-8H2,1-4H3,(H,36,37)/t18-,21-. The number of aryl methyl sites for hydroxylation is 1. The first-order chi connectivity index (χ1) is 17.7. The maximum absolute atomic E-state index is 13.5. The molecule has 1 amide bonds. The van der Waals surface area contributed by atoms with Gasteiger partial charge in [-0.25, -0.2) is 19.0 Å². The highest BCUT2D eigenvalue weighted by molar-refractivity contribution is 6.01. The Morgan fingerprint density at radius 2 is 1.76 bits per heavy atom. The monoisotopic (exact) mass is 500 g/mol. The van der Waals surface area contributed by atoms with Gasteiger partial charge in [-0.15, -0.1) is 5.10 Å². The molecule has 0 unspecified atom stereocenters. The number of carboxylic acids is 1. The van der Waals surface area contributed by atoms with Crippen LogP contribution in [0, 0.1) is 18.8 Å². The van der Waals surface area contributed by atoms with Crippen molar-refractivity contribution in [3.8, 4) is 16.9 Å². The fourth-order valence-electron chi connectivity index (χ4n) is 5.03.